The SMILES string of the molecule is O=C(Nc1ccc(SC(F)(F)F)cc1)NC(c1ccccc1)c1ccc(C2CCCCC2)cc1. The van der Waals surface area contributed by atoms with Gasteiger partial charge in [-0.2, -0.15) is 13.2 Å². The summed E-state index contributed by atoms with van der Waals surface area (Å²) in [5.74, 6) is 0.604. The first kappa shape index (κ1) is 24.2. The second-order valence-corrected chi connectivity index (χ2v) is 9.65. The molecule has 3 aromatic carbocycles. The predicted octanol–water partition coefficient (Wildman–Crippen LogP) is 8.26. The molecule has 1 aliphatic rings. The smallest absolute Gasteiger partial charge is 0.327 e. The highest BCUT2D eigenvalue weighted by Gasteiger charge is 2.29. The summed E-state index contributed by atoms with van der Waals surface area (Å²) in [6.07, 6.45) is 6.31. The van der Waals surface area contributed by atoms with E-state index in [1.54, 1.807) is 0 Å². The zero-order chi connectivity index (χ0) is 24.0. The first-order chi connectivity index (χ1) is 16.4. The molecule has 4 rings (SSSR count). The Labute approximate surface area is 202 Å². The Morgan fingerprint density at radius 2 is 1.44 bits per heavy atom. The van der Waals surface area contributed by atoms with Crippen LogP contribution in [0.15, 0.2) is 83.8 Å². The van der Waals surface area contributed by atoms with Gasteiger partial charge in [0, 0.05) is 10.6 Å². The molecular formula is C27H27F3N2OS. The van der Waals surface area contributed by atoms with Crippen molar-refractivity contribution < 1.29 is 18.0 Å². The van der Waals surface area contributed by atoms with Crippen LogP contribution in [0.5, 0.6) is 0 Å². The lowest BCUT2D eigenvalue weighted by Gasteiger charge is -2.24. The van der Waals surface area contributed by atoms with E-state index in [4.69, 9.17) is 0 Å². The predicted molar refractivity (Wildman–Crippen MR) is 131 cm³/mol. The Bertz CT molecular complexity index is 1060. The maximum Gasteiger partial charge on any atom is 0.446 e. The molecule has 0 heterocycles. The number of benzene rings is 3. The Balaban J connectivity index is 1.47. The fraction of sp³-hybridized carbons (Fsp3) is 0.296. The molecule has 3 nitrogen and oxygen atoms in total. The molecule has 0 saturated heterocycles. The minimum absolute atomic E-state index is 0.0682. The minimum atomic E-state index is -4.35. The van der Waals surface area contributed by atoms with Gasteiger partial charge >= 0.3 is 11.5 Å². The molecule has 7 heteroatoms. The van der Waals surface area contributed by atoms with E-state index in [2.05, 4.69) is 34.9 Å². The lowest BCUT2D eigenvalue weighted by Crippen LogP contribution is -2.33. The van der Waals surface area contributed by atoms with Gasteiger partial charge in [0.2, 0.25) is 0 Å². The summed E-state index contributed by atoms with van der Waals surface area (Å²) in [7, 11) is 0. The van der Waals surface area contributed by atoms with Crippen LogP contribution < -0.4 is 10.6 Å². The van der Waals surface area contributed by atoms with Crippen molar-refractivity contribution in [2.75, 3.05) is 5.32 Å². The van der Waals surface area contributed by atoms with E-state index in [-0.39, 0.29) is 22.7 Å². The summed E-state index contributed by atoms with van der Waals surface area (Å²) in [6.45, 7) is 0. The number of nitrogens with one attached hydrogen (secondary N) is 2. The molecule has 1 atom stereocenters. The highest BCUT2D eigenvalue weighted by atomic mass is 32.2. The van der Waals surface area contributed by atoms with Crippen LogP contribution in [0.3, 0.4) is 0 Å². The third-order valence-corrected chi connectivity index (χ3v) is 6.84. The van der Waals surface area contributed by atoms with E-state index in [9.17, 15) is 18.0 Å². The molecule has 0 spiro atoms. The normalized spacial score (nSPS) is 15.5. The Morgan fingerprint density at radius 3 is 2.06 bits per heavy atom. The van der Waals surface area contributed by atoms with Gasteiger partial charge in [-0.1, -0.05) is 73.9 Å². The summed E-state index contributed by atoms with van der Waals surface area (Å²) < 4.78 is 37.6. The van der Waals surface area contributed by atoms with Gasteiger partial charge in [-0.3, -0.25) is 0 Å². The quantitative estimate of drug-likeness (QED) is 0.346. The molecule has 0 radical (unpaired) electrons. The standard InChI is InChI=1S/C27H27F3N2OS/c28-27(29,30)34-24-17-15-23(16-18-24)31-26(33)32-25(21-9-5-2-6-10-21)22-13-11-20(12-14-22)19-7-3-1-4-8-19/h2,5-6,9-19,25H,1,3-4,7-8H2,(H2,31,32,33). The van der Waals surface area contributed by atoms with Crippen LogP contribution in [0.1, 0.15) is 60.8 Å². The topological polar surface area (TPSA) is 41.1 Å². The second kappa shape index (κ2) is 11.0. The van der Waals surface area contributed by atoms with Gasteiger partial charge in [-0.25, -0.2) is 4.79 Å². The fourth-order valence-corrected chi connectivity index (χ4v) is 4.98. The highest BCUT2D eigenvalue weighted by molar-refractivity contribution is 8.00. The lowest BCUT2D eigenvalue weighted by atomic mass is 9.83. The van der Waals surface area contributed by atoms with Crippen LogP contribution in [0.4, 0.5) is 23.7 Å². The summed E-state index contributed by atoms with van der Waals surface area (Å²) >= 11 is -0.184. The summed E-state index contributed by atoms with van der Waals surface area (Å²) in [6, 6.07) is 23.0. The van der Waals surface area contributed by atoms with Gasteiger partial charge in [0.05, 0.1) is 6.04 Å². The third kappa shape index (κ3) is 6.79. The number of carbonyl (C=O) groups is 1. The van der Waals surface area contributed by atoms with Crippen LogP contribution >= 0.6 is 11.8 Å². The van der Waals surface area contributed by atoms with Crippen LogP contribution in [0.2, 0.25) is 0 Å². The first-order valence-corrected chi connectivity index (χ1v) is 12.3. The van der Waals surface area contributed by atoms with Gasteiger partial charge in [-0.05, 0) is 71.5 Å². The van der Waals surface area contributed by atoms with E-state index in [0.29, 0.717) is 11.6 Å². The van der Waals surface area contributed by atoms with Gasteiger partial charge < -0.3 is 10.6 Å². The van der Waals surface area contributed by atoms with Crippen LogP contribution in [0.25, 0.3) is 0 Å². The number of amides is 2. The molecule has 3 aromatic rings. The van der Waals surface area contributed by atoms with Crippen molar-refractivity contribution in [3.8, 4) is 0 Å². The first-order valence-electron chi connectivity index (χ1n) is 11.5. The fourth-order valence-electron chi connectivity index (χ4n) is 4.44. The molecule has 0 bridgehead atoms. The van der Waals surface area contributed by atoms with Crippen LogP contribution in [0, 0.1) is 0 Å². The van der Waals surface area contributed by atoms with E-state index in [1.165, 1.54) is 61.9 Å². The van der Waals surface area contributed by atoms with Crippen molar-refractivity contribution in [2.45, 2.75) is 54.5 Å². The summed E-state index contributed by atoms with van der Waals surface area (Å²) in [4.78, 5) is 12.9. The van der Waals surface area contributed by atoms with Crippen molar-refractivity contribution in [1.82, 2.24) is 5.32 Å². The number of halogens is 3. The monoisotopic (exact) mass is 484 g/mol. The number of hydrogen-bond acceptors (Lipinski definition) is 2. The van der Waals surface area contributed by atoms with Crippen LogP contribution in [-0.4, -0.2) is 11.5 Å². The molecule has 178 valence electrons. The van der Waals surface area contributed by atoms with Gasteiger partial charge in [0.1, 0.15) is 0 Å². The second-order valence-electron chi connectivity index (χ2n) is 8.52. The van der Waals surface area contributed by atoms with Crippen molar-refractivity contribution in [3.63, 3.8) is 0 Å². The van der Waals surface area contributed by atoms with E-state index in [1.807, 2.05) is 30.3 Å². The molecule has 1 saturated carbocycles. The largest absolute Gasteiger partial charge is 0.446 e. The summed E-state index contributed by atoms with van der Waals surface area (Å²) in [5.41, 5.74) is -0.667. The molecule has 1 aliphatic carbocycles. The molecule has 2 N–H and O–H groups in total. The Kier molecular flexibility index (Phi) is 7.83. The van der Waals surface area contributed by atoms with Crippen molar-refractivity contribution in [3.05, 3.63) is 95.6 Å². The molecule has 1 fully saturated rings. The Hall–Kier alpha value is -2.93. The van der Waals surface area contributed by atoms with Gasteiger partial charge in [0.25, 0.3) is 0 Å². The molecule has 2 amide bonds. The van der Waals surface area contributed by atoms with Crippen molar-refractivity contribution >= 4 is 23.5 Å². The van der Waals surface area contributed by atoms with Crippen molar-refractivity contribution in [2.24, 2.45) is 0 Å². The maximum atomic E-state index is 12.8. The number of rotatable bonds is 6. The van der Waals surface area contributed by atoms with E-state index < -0.39 is 11.5 Å². The lowest BCUT2D eigenvalue weighted by molar-refractivity contribution is -0.0328. The molecule has 1 unspecified atom stereocenters. The molecule has 0 aromatic heterocycles. The number of thioether (sulfide) groups is 1. The highest BCUT2D eigenvalue weighted by Crippen LogP contribution is 2.37. The number of urea groups is 1. The molecule has 34 heavy (non-hydrogen) atoms. The average molecular weight is 485 g/mol. The number of carbonyl (C=O) groups excluding carboxylic acids is 1. The van der Waals surface area contributed by atoms with Gasteiger partial charge in [-0.15, -0.1) is 0 Å². The zero-order valence-corrected chi connectivity index (χ0v) is 19.5. The number of anilines is 1. The summed E-state index contributed by atoms with van der Waals surface area (Å²) in [5, 5.41) is 5.74. The molecular weight excluding hydrogens is 457 g/mol. The maximum absolute atomic E-state index is 12.8. The van der Waals surface area contributed by atoms with Crippen molar-refractivity contribution in [1.29, 1.82) is 0 Å². The van der Waals surface area contributed by atoms with E-state index in [0.717, 1.165) is 11.1 Å². The third-order valence-electron chi connectivity index (χ3n) is 6.10. The Morgan fingerprint density at radius 1 is 0.824 bits per heavy atom. The van der Waals surface area contributed by atoms with Gasteiger partial charge in [0.15, 0.2) is 0 Å². The van der Waals surface area contributed by atoms with Crippen LogP contribution in [-0.2, 0) is 0 Å². The average Bonchev–Trinajstić information content (AvgIpc) is 2.84. The molecule has 0 aliphatic heterocycles. The zero-order valence-electron chi connectivity index (χ0n) is 18.6. The number of alkyl halides is 3. The van der Waals surface area contributed by atoms with E-state index >= 15 is 0 Å². The number of hydrogen-bond donors (Lipinski definition) is 2. The minimum Gasteiger partial charge on any atom is -0.327 e.